The Morgan fingerprint density at radius 1 is 1.17 bits per heavy atom. The molecule has 0 atom stereocenters. The lowest BCUT2D eigenvalue weighted by molar-refractivity contribution is 0.0943. The molecule has 8 heteroatoms. The maximum absolute atomic E-state index is 12.0. The standard InChI is InChI=1S/C16H22N4O3S/c1-2-23-16(22)18-13-9-7-11(8-10-13)14(21)19-20-15(24)17-12-5-3-4-6-12/h7-10,12H,2-6H2,1H3,(H,18,22)(H,19,21)(H2,17,20,24). The second-order valence-electron chi connectivity index (χ2n) is 5.46. The largest absolute Gasteiger partial charge is 0.450 e. The summed E-state index contributed by atoms with van der Waals surface area (Å²) < 4.78 is 4.78. The van der Waals surface area contributed by atoms with E-state index in [4.69, 9.17) is 17.0 Å². The van der Waals surface area contributed by atoms with E-state index in [0.717, 1.165) is 12.8 Å². The van der Waals surface area contributed by atoms with Crippen LogP contribution in [0.5, 0.6) is 0 Å². The summed E-state index contributed by atoms with van der Waals surface area (Å²) in [6.07, 6.45) is 4.09. The number of thiocarbonyl (C=S) groups is 1. The topological polar surface area (TPSA) is 91.5 Å². The molecule has 2 rings (SSSR count). The van der Waals surface area contributed by atoms with Crippen LogP contribution in [0.1, 0.15) is 43.0 Å². The molecule has 0 unspecified atom stereocenters. The van der Waals surface area contributed by atoms with Gasteiger partial charge in [0.25, 0.3) is 5.91 Å². The van der Waals surface area contributed by atoms with Gasteiger partial charge in [0.15, 0.2) is 5.11 Å². The molecule has 0 spiro atoms. The molecule has 24 heavy (non-hydrogen) atoms. The number of hydrogen-bond donors (Lipinski definition) is 4. The number of benzene rings is 1. The van der Waals surface area contributed by atoms with Crippen LogP contribution in [0, 0.1) is 0 Å². The number of amides is 2. The highest BCUT2D eigenvalue weighted by Gasteiger charge is 2.15. The molecule has 0 saturated heterocycles. The average molecular weight is 350 g/mol. The van der Waals surface area contributed by atoms with Crippen LogP contribution in [0.4, 0.5) is 10.5 Å². The van der Waals surface area contributed by atoms with Gasteiger partial charge in [-0.15, -0.1) is 0 Å². The van der Waals surface area contributed by atoms with Gasteiger partial charge in [0, 0.05) is 17.3 Å². The van der Waals surface area contributed by atoms with Gasteiger partial charge in [0.2, 0.25) is 0 Å². The predicted molar refractivity (Wildman–Crippen MR) is 95.7 cm³/mol. The van der Waals surface area contributed by atoms with Crippen molar-refractivity contribution in [1.29, 1.82) is 0 Å². The second kappa shape index (κ2) is 9.07. The minimum atomic E-state index is -0.528. The molecule has 1 saturated carbocycles. The van der Waals surface area contributed by atoms with Crippen LogP contribution >= 0.6 is 12.2 Å². The van der Waals surface area contributed by atoms with E-state index in [2.05, 4.69) is 21.5 Å². The smallest absolute Gasteiger partial charge is 0.411 e. The molecular formula is C16H22N4O3S. The molecular weight excluding hydrogens is 328 g/mol. The van der Waals surface area contributed by atoms with Crippen molar-refractivity contribution in [2.24, 2.45) is 0 Å². The lowest BCUT2D eigenvalue weighted by atomic mass is 10.2. The molecule has 1 aromatic carbocycles. The highest BCUT2D eigenvalue weighted by atomic mass is 32.1. The first kappa shape index (κ1) is 18.0. The van der Waals surface area contributed by atoms with E-state index in [-0.39, 0.29) is 5.91 Å². The van der Waals surface area contributed by atoms with Gasteiger partial charge < -0.3 is 10.1 Å². The minimum Gasteiger partial charge on any atom is -0.450 e. The summed E-state index contributed by atoms with van der Waals surface area (Å²) in [5.41, 5.74) is 6.25. The molecule has 4 N–H and O–H groups in total. The lowest BCUT2D eigenvalue weighted by Crippen LogP contribution is -2.49. The van der Waals surface area contributed by atoms with Crippen molar-refractivity contribution in [3.8, 4) is 0 Å². The summed E-state index contributed by atoms with van der Waals surface area (Å²) in [6, 6.07) is 6.84. The van der Waals surface area contributed by atoms with Gasteiger partial charge in [-0.3, -0.25) is 21.0 Å². The van der Waals surface area contributed by atoms with Crippen LogP contribution < -0.4 is 21.5 Å². The number of carbonyl (C=O) groups excluding carboxylic acids is 2. The minimum absolute atomic E-state index is 0.298. The SMILES string of the molecule is CCOC(=O)Nc1ccc(C(=O)NNC(=S)NC2CCCC2)cc1. The molecule has 1 fully saturated rings. The number of ether oxygens (including phenoxy) is 1. The molecule has 0 bridgehead atoms. The van der Waals surface area contributed by atoms with E-state index in [1.54, 1.807) is 31.2 Å². The zero-order chi connectivity index (χ0) is 17.4. The van der Waals surface area contributed by atoms with Crippen LogP contribution in [0.3, 0.4) is 0 Å². The monoisotopic (exact) mass is 350 g/mol. The molecule has 0 aromatic heterocycles. The van der Waals surface area contributed by atoms with E-state index in [1.807, 2.05) is 0 Å². The Bertz CT molecular complexity index is 585. The first-order valence-electron chi connectivity index (χ1n) is 7.99. The van der Waals surface area contributed by atoms with Crippen molar-refractivity contribution in [2.45, 2.75) is 38.6 Å². The van der Waals surface area contributed by atoms with Crippen LogP contribution in [-0.2, 0) is 4.74 Å². The molecule has 2 amide bonds. The van der Waals surface area contributed by atoms with E-state index >= 15 is 0 Å². The van der Waals surface area contributed by atoms with Gasteiger partial charge in [-0.25, -0.2) is 4.79 Å². The first-order chi connectivity index (χ1) is 11.6. The van der Waals surface area contributed by atoms with Crippen molar-refractivity contribution in [2.75, 3.05) is 11.9 Å². The van der Waals surface area contributed by atoms with Gasteiger partial charge >= 0.3 is 6.09 Å². The third-order valence-corrected chi connectivity index (χ3v) is 3.87. The van der Waals surface area contributed by atoms with Crippen molar-refractivity contribution in [3.05, 3.63) is 29.8 Å². The highest BCUT2D eigenvalue weighted by molar-refractivity contribution is 7.80. The van der Waals surface area contributed by atoms with Crippen molar-refractivity contribution >= 4 is 35.0 Å². The molecule has 1 aliphatic rings. The molecule has 130 valence electrons. The summed E-state index contributed by atoms with van der Waals surface area (Å²) >= 11 is 5.15. The zero-order valence-corrected chi connectivity index (χ0v) is 14.4. The third-order valence-electron chi connectivity index (χ3n) is 3.65. The molecule has 0 aliphatic heterocycles. The van der Waals surface area contributed by atoms with Gasteiger partial charge in [-0.1, -0.05) is 12.8 Å². The van der Waals surface area contributed by atoms with E-state index in [9.17, 15) is 9.59 Å². The predicted octanol–water partition coefficient (Wildman–Crippen LogP) is 2.31. The Labute approximate surface area is 146 Å². The van der Waals surface area contributed by atoms with Gasteiger partial charge in [-0.05, 0) is 56.2 Å². The molecule has 1 aliphatic carbocycles. The summed E-state index contributed by atoms with van der Waals surface area (Å²) in [7, 11) is 0. The van der Waals surface area contributed by atoms with Crippen molar-refractivity contribution in [3.63, 3.8) is 0 Å². The average Bonchev–Trinajstić information content (AvgIpc) is 3.06. The van der Waals surface area contributed by atoms with Gasteiger partial charge in [0.05, 0.1) is 6.61 Å². The summed E-state index contributed by atoms with van der Waals surface area (Å²) in [5.74, 6) is -0.312. The highest BCUT2D eigenvalue weighted by Crippen LogP contribution is 2.17. The third kappa shape index (κ3) is 5.69. The quantitative estimate of drug-likeness (QED) is 0.492. The van der Waals surface area contributed by atoms with Gasteiger partial charge in [-0.2, -0.15) is 0 Å². The maximum atomic E-state index is 12.0. The fourth-order valence-corrected chi connectivity index (χ4v) is 2.68. The van der Waals surface area contributed by atoms with E-state index in [0.29, 0.717) is 29.0 Å². The molecule has 7 nitrogen and oxygen atoms in total. The molecule has 0 heterocycles. The fourth-order valence-electron chi connectivity index (χ4n) is 2.47. The van der Waals surface area contributed by atoms with Crippen LogP contribution in [0.2, 0.25) is 0 Å². The number of hydrogen-bond acceptors (Lipinski definition) is 4. The number of hydrazine groups is 1. The number of rotatable bonds is 4. The van der Waals surface area contributed by atoms with Crippen LogP contribution in [0.25, 0.3) is 0 Å². The first-order valence-corrected chi connectivity index (χ1v) is 8.40. The van der Waals surface area contributed by atoms with E-state index < -0.39 is 6.09 Å². The summed E-state index contributed by atoms with van der Waals surface area (Å²) in [6.45, 7) is 2.03. The summed E-state index contributed by atoms with van der Waals surface area (Å²) in [5, 5.41) is 6.15. The fraction of sp³-hybridized carbons (Fsp3) is 0.438. The van der Waals surface area contributed by atoms with Crippen LogP contribution in [0.15, 0.2) is 24.3 Å². The Morgan fingerprint density at radius 3 is 2.46 bits per heavy atom. The normalized spacial score (nSPS) is 13.9. The summed E-state index contributed by atoms with van der Waals surface area (Å²) in [4.78, 5) is 23.4. The Balaban J connectivity index is 1.77. The molecule has 0 radical (unpaired) electrons. The van der Waals surface area contributed by atoms with Crippen molar-refractivity contribution < 1.29 is 14.3 Å². The van der Waals surface area contributed by atoms with E-state index in [1.165, 1.54) is 12.8 Å². The Kier molecular flexibility index (Phi) is 6.80. The Morgan fingerprint density at radius 2 is 1.83 bits per heavy atom. The lowest BCUT2D eigenvalue weighted by Gasteiger charge is -2.16. The van der Waals surface area contributed by atoms with Crippen LogP contribution in [-0.4, -0.2) is 29.8 Å². The number of anilines is 1. The zero-order valence-electron chi connectivity index (χ0n) is 13.6. The molecule has 1 aromatic rings. The maximum Gasteiger partial charge on any atom is 0.411 e. The Hall–Kier alpha value is -2.35. The number of nitrogens with one attached hydrogen (secondary N) is 4. The van der Waals surface area contributed by atoms with Crippen molar-refractivity contribution in [1.82, 2.24) is 16.2 Å². The second-order valence-corrected chi connectivity index (χ2v) is 5.87. The number of carbonyl (C=O) groups is 2. The van der Waals surface area contributed by atoms with Gasteiger partial charge in [0.1, 0.15) is 0 Å².